The summed E-state index contributed by atoms with van der Waals surface area (Å²) in [5, 5.41) is 0. The first-order chi connectivity index (χ1) is 7.59. The topological polar surface area (TPSA) is 71.8 Å². The van der Waals surface area contributed by atoms with Crippen LogP contribution in [0.2, 0.25) is 0 Å². The molecular formula is C9H7F2N3OS. The summed E-state index contributed by atoms with van der Waals surface area (Å²) < 4.78 is 25.0. The number of carbonyl (C=O) groups is 1. The molecule has 0 spiro atoms. The Bertz CT molecular complexity index is 507. The van der Waals surface area contributed by atoms with Crippen molar-refractivity contribution in [3.8, 4) is 11.4 Å². The Morgan fingerprint density at radius 2 is 2.31 bits per heavy atom. The minimum atomic E-state index is -2.62. The van der Waals surface area contributed by atoms with Crippen LogP contribution < -0.4 is 5.73 Å². The maximum absolute atomic E-state index is 12.5. The largest absolute Gasteiger partial charge is 0.365 e. The Kier molecular flexibility index (Phi) is 2.69. The number of nitrogens with zero attached hydrogens (tertiary/aromatic N) is 1. The molecule has 2 aromatic rings. The van der Waals surface area contributed by atoms with Crippen molar-refractivity contribution >= 4 is 17.2 Å². The zero-order chi connectivity index (χ0) is 11.7. The molecule has 0 fully saturated rings. The van der Waals surface area contributed by atoms with E-state index in [0.29, 0.717) is 22.7 Å². The van der Waals surface area contributed by atoms with E-state index in [-0.39, 0.29) is 9.75 Å². The summed E-state index contributed by atoms with van der Waals surface area (Å²) in [7, 11) is 0. The second-order valence-electron chi connectivity index (χ2n) is 2.99. The first-order valence-electron chi connectivity index (χ1n) is 4.31. The number of hydrogen-bond donors (Lipinski definition) is 2. The molecule has 0 aliphatic carbocycles. The Morgan fingerprint density at radius 3 is 2.81 bits per heavy atom. The van der Waals surface area contributed by atoms with Crippen molar-refractivity contribution in [2.24, 2.45) is 5.73 Å². The molecule has 0 saturated carbocycles. The van der Waals surface area contributed by atoms with E-state index in [1.807, 2.05) is 0 Å². The van der Waals surface area contributed by atoms with Crippen molar-refractivity contribution in [2.75, 3.05) is 0 Å². The third kappa shape index (κ3) is 1.81. The molecule has 0 unspecified atom stereocenters. The molecular weight excluding hydrogens is 236 g/mol. The lowest BCUT2D eigenvalue weighted by atomic mass is 10.2. The molecule has 16 heavy (non-hydrogen) atoms. The summed E-state index contributed by atoms with van der Waals surface area (Å²) in [6.07, 6.45) is 0.395. The van der Waals surface area contributed by atoms with E-state index in [1.165, 1.54) is 12.3 Å². The Labute approximate surface area is 93.1 Å². The first kappa shape index (κ1) is 10.7. The number of rotatable bonds is 3. The van der Waals surface area contributed by atoms with E-state index >= 15 is 0 Å². The van der Waals surface area contributed by atoms with Crippen molar-refractivity contribution in [3.63, 3.8) is 0 Å². The molecule has 0 bridgehead atoms. The number of aromatic amines is 1. The highest BCUT2D eigenvalue weighted by Crippen LogP contribution is 2.34. The predicted octanol–water partition coefficient (Wildman–Crippen LogP) is 2.17. The maximum atomic E-state index is 12.5. The number of imidazole rings is 1. The fraction of sp³-hybridized carbons (Fsp3) is 0.111. The van der Waals surface area contributed by atoms with Crippen LogP contribution in [0.25, 0.3) is 11.4 Å². The van der Waals surface area contributed by atoms with Crippen LogP contribution in [0.1, 0.15) is 21.0 Å². The van der Waals surface area contributed by atoms with Crippen LogP contribution in [0.4, 0.5) is 8.78 Å². The van der Waals surface area contributed by atoms with Gasteiger partial charge in [-0.15, -0.1) is 11.3 Å². The zero-order valence-electron chi connectivity index (χ0n) is 7.91. The average molecular weight is 243 g/mol. The summed E-state index contributed by atoms with van der Waals surface area (Å²) in [5.41, 5.74) is 5.44. The van der Waals surface area contributed by atoms with Crippen molar-refractivity contribution in [1.29, 1.82) is 0 Å². The van der Waals surface area contributed by atoms with Crippen molar-refractivity contribution in [2.45, 2.75) is 6.43 Å². The number of halogens is 2. The highest BCUT2D eigenvalue weighted by Gasteiger charge is 2.20. The second-order valence-corrected chi connectivity index (χ2v) is 4.08. The lowest BCUT2D eigenvalue weighted by Gasteiger charge is -1.94. The number of nitrogens with one attached hydrogen (secondary N) is 1. The van der Waals surface area contributed by atoms with Gasteiger partial charge in [-0.3, -0.25) is 4.79 Å². The minimum Gasteiger partial charge on any atom is -0.365 e. The molecule has 2 heterocycles. The number of hydrogen-bond acceptors (Lipinski definition) is 3. The van der Waals surface area contributed by atoms with Gasteiger partial charge in [-0.2, -0.15) is 0 Å². The number of nitrogens with two attached hydrogens (primary N) is 1. The number of H-pyrrole nitrogens is 1. The monoisotopic (exact) mass is 243 g/mol. The molecule has 0 aliphatic heterocycles. The average Bonchev–Trinajstić information content (AvgIpc) is 2.86. The highest BCUT2D eigenvalue weighted by molar-refractivity contribution is 7.14. The summed E-state index contributed by atoms with van der Waals surface area (Å²) in [5.74, 6) is -0.375. The van der Waals surface area contributed by atoms with Crippen LogP contribution >= 0.6 is 11.3 Å². The number of primary amides is 1. The first-order valence-corrected chi connectivity index (χ1v) is 5.12. The fourth-order valence-corrected chi connectivity index (χ4v) is 2.16. The molecule has 0 aliphatic rings. The quantitative estimate of drug-likeness (QED) is 0.867. The Morgan fingerprint density at radius 1 is 1.56 bits per heavy atom. The molecule has 2 rings (SSSR count). The van der Waals surface area contributed by atoms with Gasteiger partial charge < -0.3 is 10.7 Å². The van der Waals surface area contributed by atoms with Gasteiger partial charge in [0, 0.05) is 18.0 Å². The van der Waals surface area contributed by atoms with E-state index in [9.17, 15) is 13.6 Å². The number of alkyl halides is 2. The van der Waals surface area contributed by atoms with Crippen LogP contribution in [-0.2, 0) is 0 Å². The second kappa shape index (κ2) is 4.01. The summed E-state index contributed by atoms with van der Waals surface area (Å²) in [6, 6.07) is 1.23. The predicted molar refractivity (Wildman–Crippen MR) is 55.4 cm³/mol. The molecule has 3 N–H and O–H groups in total. The minimum absolute atomic E-state index is 0.0882. The lowest BCUT2D eigenvalue weighted by molar-refractivity contribution is 0.100. The molecule has 2 aromatic heterocycles. The van der Waals surface area contributed by atoms with Crippen LogP contribution in [0, 0.1) is 0 Å². The van der Waals surface area contributed by atoms with Gasteiger partial charge in [-0.25, -0.2) is 13.8 Å². The van der Waals surface area contributed by atoms with Crippen molar-refractivity contribution < 1.29 is 13.6 Å². The van der Waals surface area contributed by atoms with Crippen LogP contribution in [-0.4, -0.2) is 15.9 Å². The standard InChI is InChI=1S/C9H7F2N3OS/c10-7(11)5-3-4(6(16-5)8(12)15)9-13-1-2-14-9/h1-3,7H,(H2,12,15)(H,13,14). The van der Waals surface area contributed by atoms with Gasteiger partial charge in [0.05, 0.1) is 4.88 Å². The zero-order valence-corrected chi connectivity index (χ0v) is 8.72. The number of carbonyl (C=O) groups excluding carboxylic acids is 1. The Hall–Kier alpha value is -1.76. The third-order valence-corrected chi connectivity index (χ3v) is 3.10. The van der Waals surface area contributed by atoms with E-state index in [2.05, 4.69) is 9.97 Å². The summed E-state index contributed by atoms with van der Waals surface area (Å²) in [6.45, 7) is 0. The summed E-state index contributed by atoms with van der Waals surface area (Å²) in [4.78, 5) is 17.6. The SMILES string of the molecule is NC(=O)c1sc(C(F)F)cc1-c1ncc[nH]1. The van der Waals surface area contributed by atoms with Crippen molar-refractivity contribution in [3.05, 3.63) is 28.2 Å². The highest BCUT2D eigenvalue weighted by atomic mass is 32.1. The van der Waals surface area contributed by atoms with Gasteiger partial charge in [-0.05, 0) is 6.07 Å². The fourth-order valence-electron chi connectivity index (χ4n) is 1.29. The number of aromatic nitrogens is 2. The van der Waals surface area contributed by atoms with Crippen molar-refractivity contribution in [1.82, 2.24) is 9.97 Å². The van der Waals surface area contributed by atoms with E-state index < -0.39 is 12.3 Å². The molecule has 0 saturated heterocycles. The maximum Gasteiger partial charge on any atom is 0.272 e. The van der Waals surface area contributed by atoms with E-state index in [0.717, 1.165) is 0 Å². The van der Waals surface area contributed by atoms with E-state index in [4.69, 9.17) is 5.73 Å². The molecule has 84 valence electrons. The molecule has 1 amide bonds. The van der Waals surface area contributed by atoms with E-state index in [1.54, 1.807) is 6.20 Å². The Balaban J connectivity index is 2.55. The van der Waals surface area contributed by atoms with Crippen LogP contribution in [0.15, 0.2) is 18.5 Å². The van der Waals surface area contributed by atoms with Gasteiger partial charge in [0.25, 0.3) is 12.3 Å². The van der Waals surface area contributed by atoms with Gasteiger partial charge >= 0.3 is 0 Å². The molecule has 0 aromatic carbocycles. The number of amides is 1. The van der Waals surface area contributed by atoms with Gasteiger partial charge in [0.1, 0.15) is 10.7 Å². The van der Waals surface area contributed by atoms with Gasteiger partial charge in [0.2, 0.25) is 0 Å². The third-order valence-electron chi connectivity index (χ3n) is 1.94. The molecule has 7 heteroatoms. The summed E-state index contributed by atoms with van der Waals surface area (Å²) >= 11 is 0.689. The molecule has 0 radical (unpaired) electrons. The molecule has 4 nitrogen and oxygen atoms in total. The number of thiophene rings is 1. The normalized spacial score (nSPS) is 10.9. The lowest BCUT2D eigenvalue weighted by Crippen LogP contribution is -2.10. The van der Waals surface area contributed by atoms with Crippen LogP contribution in [0.5, 0.6) is 0 Å². The smallest absolute Gasteiger partial charge is 0.272 e. The van der Waals surface area contributed by atoms with Gasteiger partial charge in [0.15, 0.2) is 0 Å². The van der Waals surface area contributed by atoms with Crippen LogP contribution in [0.3, 0.4) is 0 Å². The molecule has 0 atom stereocenters. The van der Waals surface area contributed by atoms with Gasteiger partial charge in [-0.1, -0.05) is 0 Å².